The van der Waals surface area contributed by atoms with E-state index < -0.39 is 0 Å². The van der Waals surface area contributed by atoms with Gasteiger partial charge in [0.05, 0.1) is 12.8 Å². The molecule has 0 atom stereocenters. The number of rotatable bonds is 5. The summed E-state index contributed by atoms with van der Waals surface area (Å²) >= 11 is 0. The van der Waals surface area contributed by atoms with Crippen LogP contribution in [0.3, 0.4) is 0 Å². The fourth-order valence-electron chi connectivity index (χ4n) is 2.35. The van der Waals surface area contributed by atoms with Crippen LogP contribution in [0.25, 0.3) is 5.82 Å². The number of pyridine rings is 1. The zero-order valence-electron chi connectivity index (χ0n) is 13.3. The Kier molecular flexibility index (Phi) is 4.18. The summed E-state index contributed by atoms with van der Waals surface area (Å²) < 4.78 is 7.05. The van der Waals surface area contributed by atoms with Crippen molar-refractivity contribution in [3.8, 4) is 11.7 Å². The summed E-state index contributed by atoms with van der Waals surface area (Å²) in [6.45, 7) is 4.51. The SMILES string of the molecule is COc1ncccc1CNc1cc(-n2nc(C)cc2C)ncn1. The van der Waals surface area contributed by atoms with E-state index in [1.54, 1.807) is 18.0 Å². The van der Waals surface area contributed by atoms with Gasteiger partial charge in [-0.05, 0) is 26.0 Å². The van der Waals surface area contributed by atoms with Crippen molar-refractivity contribution in [1.82, 2.24) is 24.7 Å². The van der Waals surface area contributed by atoms with Gasteiger partial charge in [-0.3, -0.25) is 0 Å². The lowest BCUT2D eigenvalue weighted by Crippen LogP contribution is -2.07. The van der Waals surface area contributed by atoms with Crippen molar-refractivity contribution in [1.29, 1.82) is 0 Å². The quantitative estimate of drug-likeness (QED) is 0.779. The third kappa shape index (κ3) is 3.28. The molecule has 0 aromatic carbocycles. The van der Waals surface area contributed by atoms with Crippen LogP contribution < -0.4 is 10.1 Å². The number of ether oxygens (including phenoxy) is 1. The van der Waals surface area contributed by atoms with Gasteiger partial charge in [0.2, 0.25) is 5.88 Å². The number of aromatic nitrogens is 5. The van der Waals surface area contributed by atoms with E-state index in [1.807, 2.05) is 38.1 Å². The van der Waals surface area contributed by atoms with Crippen molar-refractivity contribution in [2.75, 3.05) is 12.4 Å². The molecule has 0 radical (unpaired) electrons. The lowest BCUT2D eigenvalue weighted by molar-refractivity contribution is 0.393. The molecule has 3 aromatic heterocycles. The highest BCUT2D eigenvalue weighted by atomic mass is 16.5. The Balaban J connectivity index is 1.79. The van der Waals surface area contributed by atoms with Crippen LogP contribution in [0.1, 0.15) is 17.0 Å². The van der Waals surface area contributed by atoms with Gasteiger partial charge in [-0.15, -0.1) is 0 Å². The molecule has 0 saturated carbocycles. The summed E-state index contributed by atoms with van der Waals surface area (Å²) in [5.41, 5.74) is 2.94. The molecule has 7 nitrogen and oxygen atoms in total. The first-order valence-corrected chi connectivity index (χ1v) is 7.25. The molecule has 0 fully saturated rings. The Morgan fingerprint density at radius 2 is 2.04 bits per heavy atom. The molecule has 0 unspecified atom stereocenters. The van der Waals surface area contributed by atoms with Crippen LogP contribution in [0.2, 0.25) is 0 Å². The van der Waals surface area contributed by atoms with Crippen LogP contribution in [0.4, 0.5) is 5.82 Å². The van der Waals surface area contributed by atoms with Gasteiger partial charge in [0, 0.05) is 30.1 Å². The summed E-state index contributed by atoms with van der Waals surface area (Å²) in [6, 6.07) is 7.71. The van der Waals surface area contributed by atoms with Gasteiger partial charge >= 0.3 is 0 Å². The molecular weight excluding hydrogens is 292 g/mol. The fraction of sp³-hybridized carbons (Fsp3) is 0.250. The Morgan fingerprint density at radius 3 is 2.78 bits per heavy atom. The molecule has 0 spiro atoms. The Bertz CT molecular complexity index is 814. The van der Waals surface area contributed by atoms with Crippen molar-refractivity contribution < 1.29 is 4.74 Å². The minimum Gasteiger partial charge on any atom is -0.481 e. The summed E-state index contributed by atoms with van der Waals surface area (Å²) in [4.78, 5) is 12.7. The number of nitrogens with zero attached hydrogens (tertiary/aromatic N) is 5. The highest BCUT2D eigenvalue weighted by Crippen LogP contribution is 2.16. The monoisotopic (exact) mass is 310 g/mol. The van der Waals surface area contributed by atoms with Gasteiger partial charge in [-0.1, -0.05) is 6.07 Å². The molecule has 0 aliphatic heterocycles. The minimum atomic E-state index is 0.560. The number of hydrogen-bond acceptors (Lipinski definition) is 6. The van der Waals surface area contributed by atoms with Crippen molar-refractivity contribution >= 4 is 5.82 Å². The predicted molar refractivity (Wildman–Crippen MR) is 86.7 cm³/mol. The number of hydrogen-bond donors (Lipinski definition) is 1. The Hall–Kier alpha value is -2.96. The molecule has 23 heavy (non-hydrogen) atoms. The molecule has 0 aliphatic carbocycles. The second-order valence-corrected chi connectivity index (χ2v) is 5.13. The topological polar surface area (TPSA) is 77.8 Å². The van der Waals surface area contributed by atoms with Crippen LogP contribution in [-0.2, 0) is 6.54 Å². The summed E-state index contributed by atoms with van der Waals surface area (Å²) in [5.74, 6) is 2.05. The molecule has 3 rings (SSSR count). The average Bonchev–Trinajstić information content (AvgIpc) is 2.92. The van der Waals surface area contributed by atoms with Crippen LogP contribution in [-0.4, -0.2) is 31.8 Å². The maximum absolute atomic E-state index is 5.25. The Morgan fingerprint density at radius 1 is 1.17 bits per heavy atom. The maximum Gasteiger partial charge on any atom is 0.218 e. The lowest BCUT2D eigenvalue weighted by atomic mass is 10.2. The van der Waals surface area contributed by atoms with Crippen LogP contribution in [0, 0.1) is 13.8 Å². The summed E-state index contributed by atoms with van der Waals surface area (Å²) in [5, 5.41) is 7.70. The van der Waals surface area contributed by atoms with Gasteiger partial charge in [-0.25, -0.2) is 19.6 Å². The zero-order valence-corrected chi connectivity index (χ0v) is 13.3. The van der Waals surface area contributed by atoms with Crippen molar-refractivity contribution in [3.05, 3.63) is 53.7 Å². The number of anilines is 1. The van der Waals surface area contributed by atoms with E-state index in [4.69, 9.17) is 4.74 Å². The van der Waals surface area contributed by atoms with E-state index in [0.717, 1.165) is 22.8 Å². The highest BCUT2D eigenvalue weighted by Gasteiger charge is 2.07. The second kappa shape index (κ2) is 6.43. The van der Waals surface area contributed by atoms with Crippen molar-refractivity contribution in [2.45, 2.75) is 20.4 Å². The smallest absolute Gasteiger partial charge is 0.218 e. The van der Waals surface area contributed by atoms with E-state index in [9.17, 15) is 0 Å². The molecule has 3 heterocycles. The first kappa shape index (κ1) is 15.0. The normalized spacial score (nSPS) is 10.6. The van der Waals surface area contributed by atoms with Gasteiger partial charge in [0.1, 0.15) is 12.1 Å². The molecule has 7 heteroatoms. The highest BCUT2D eigenvalue weighted by molar-refractivity contribution is 5.42. The fourth-order valence-corrected chi connectivity index (χ4v) is 2.35. The molecule has 3 aromatic rings. The molecular formula is C16H18N6O. The molecule has 0 amide bonds. The lowest BCUT2D eigenvalue weighted by Gasteiger charge is -2.10. The molecule has 0 saturated heterocycles. The average molecular weight is 310 g/mol. The van der Waals surface area contributed by atoms with Gasteiger partial charge in [0.15, 0.2) is 5.82 Å². The van der Waals surface area contributed by atoms with Gasteiger partial charge in [-0.2, -0.15) is 5.10 Å². The van der Waals surface area contributed by atoms with E-state index in [0.29, 0.717) is 18.2 Å². The number of aryl methyl sites for hydroxylation is 2. The third-order valence-electron chi connectivity index (χ3n) is 3.38. The van der Waals surface area contributed by atoms with E-state index >= 15 is 0 Å². The van der Waals surface area contributed by atoms with Crippen LogP contribution in [0.5, 0.6) is 5.88 Å². The van der Waals surface area contributed by atoms with Crippen molar-refractivity contribution in [2.24, 2.45) is 0 Å². The second-order valence-electron chi connectivity index (χ2n) is 5.13. The summed E-state index contributed by atoms with van der Waals surface area (Å²) in [6.07, 6.45) is 3.22. The van der Waals surface area contributed by atoms with Crippen LogP contribution >= 0.6 is 0 Å². The standard InChI is InChI=1S/C16H18N6O/c1-11-7-12(2)22(21-11)15-8-14(19-10-20-15)18-9-13-5-4-6-17-16(13)23-3/h4-8,10H,9H2,1-3H3,(H,18,19,20). The number of methoxy groups -OCH3 is 1. The maximum atomic E-state index is 5.25. The molecule has 0 aliphatic rings. The zero-order chi connectivity index (χ0) is 16.2. The number of nitrogens with one attached hydrogen (secondary N) is 1. The van der Waals surface area contributed by atoms with Crippen LogP contribution in [0.15, 0.2) is 36.8 Å². The molecule has 1 N–H and O–H groups in total. The largest absolute Gasteiger partial charge is 0.481 e. The minimum absolute atomic E-state index is 0.560. The third-order valence-corrected chi connectivity index (χ3v) is 3.38. The van der Waals surface area contributed by atoms with E-state index in [2.05, 4.69) is 25.4 Å². The van der Waals surface area contributed by atoms with Gasteiger partial charge < -0.3 is 10.1 Å². The molecule has 118 valence electrons. The van der Waals surface area contributed by atoms with Crippen molar-refractivity contribution in [3.63, 3.8) is 0 Å². The predicted octanol–water partition coefficient (Wildman–Crippen LogP) is 2.29. The Labute approximate surface area is 134 Å². The van der Waals surface area contributed by atoms with E-state index in [1.165, 1.54) is 6.33 Å². The van der Waals surface area contributed by atoms with E-state index in [-0.39, 0.29) is 0 Å². The van der Waals surface area contributed by atoms with Gasteiger partial charge in [0.25, 0.3) is 0 Å². The first-order chi connectivity index (χ1) is 11.2. The molecule has 0 bridgehead atoms. The summed E-state index contributed by atoms with van der Waals surface area (Å²) in [7, 11) is 1.61. The first-order valence-electron chi connectivity index (χ1n) is 7.25.